The number of carbonyl (C=O) groups excluding carboxylic acids is 3. The number of amides is 4. The molecule has 0 radical (unpaired) electrons. The number of nitrogens with zero attached hydrogens (tertiary/aromatic N) is 1. The molecule has 9 heteroatoms. The summed E-state index contributed by atoms with van der Waals surface area (Å²) < 4.78 is 10.7. The summed E-state index contributed by atoms with van der Waals surface area (Å²) in [6.07, 6.45) is 7.97. The highest BCUT2D eigenvalue weighted by Gasteiger charge is 2.51. The SMILES string of the molecule is COc1cc(/C=C2\C(=O)NC(=O)N(c3ccc(C45CC6CC(CC(C6)C4)C5)cc3)C2=O)ccc1O[C@@H](C)C(=O)O. The normalized spacial score (nSPS) is 28.9. The topological polar surface area (TPSA) is 122 Å². The van der Waals surface area contributed by atoms with Crippen molar-refractivity contribution in [1.29, 1.82) is 0 Å². The zero-order valence-electron chi connectivity index (χ0n) is 22.5. The number of methoxy groups -OCH3 is 1. The molecule has 2 aromatic rings. The first-order valence-electron chi connectivity index (χ1n) is 13.8. The molecule has 2 N–H and O–H groups in total. The van der Waals surface area contributed by atoms with E-state index in [4.69, 9.17) is 14.6 Å². The summed E-state index contributed by atoms with van der Waals surface area (Å²) in [5.41, 5.74) is 2.10. The van der Waals surface area contributed by atoms with Gasteiger partial charge in [-0.25, -0.2) is 14.5 Å². The van der Waals surface area contributed by atoms with E-state index >= 15 is 0 Å². The first-order chi connectivity index (χ1) is 19.2. The van der Waals surface area contributed by atoms with Gasteiger partial charge in [0.2, 0.25) is 0 Å². The van der Waals surface area contributed by atoms with E-state index in [0.29, 0.717) is 11.3 Å². The molecule has 4 bridgehead atoms. The van der Waals surface area contributed by atoms with Gasteiger partial charge in [0.1, 0.15) is 5.57 Å². The van der Waals surface area contributed by atoms with Gasteiger partial charge in [-0.1, -0.05) is 18.2 Å². The summed E-state index contributed by atoms with van der Waals surface area (Å²) in [6.45, 7) is 1.39. The molecule has 2 aromatic carbocycles. The highest BCUT2D eigenvalue weighted by Crippen LogP contribution is 2.60. The predicted octanol–water partition coefficient (Wildman–Crippen LogP) is 4.68. The van der Waals surface area contributed by atoms with Crippen LogP contribution in [0, 0.1) is 17.8 Å². The van der Waals surface area contributed by atoms with E-state index in [-0.39, 0.29) is 22.5 Å². The highest BCUT2D eigenvalue weighted by atomic mass is 16.5. The Balaban J connectivity index is 1.25. The van der Waals surface area contributed by atoms with Gasteiger partial charge in [0.15, 0.2) is 17.6 Å². The quantitative estimate of drug-likeness (QED) is 0.383. The standard InChI is InChI=1S/C31H32N2O7/c1-17(29(36)37)40-25-8-3-18(13-26(25)39-2)12-24-27(34)32-30(38)33(28(24)35)23-6-4-22(5-7-23)31-14-19-9-20(15-31)11-21(10-19)16-31/h3-8,12-13,17,19-21H,9-11,14-16H2,1-2H3,(H,36,37)(H,32,34,38)/b24-12+/t17-,19?,20?,21?,31?/m0/s1. The number of anilines is 1. The zero-order chi connectivity index (χ0) is 28.2. The molecule has 1 atom stereocenters. The van der Waals surface area contributed by atoms with Crippen molar-refractivity contribution in [2.75, 3.05) is 12.0 Å². The summed E-state index contributed by atoms with van der Waals surface area (Å²) in [6, 6.07) is 11.5. The first-order valence-corrected chi connectivity index (χ1v) is 13.8. The number of carbonyl (C=O) groups is 4. The number of ether oxygens (including phenoxy) is 2. The maximum Gasteiger partial charge on any atom is 0.344 e. The monoisotopic (exact) mass is 544 g/mol. The third kappa shape index (κ3) is 4.53. The van der Waals surface area contributed by atoms with Crippen molar-refractivity contribution in [3.05, 3.63) is 59.2 Å². The molecule has 208 valence electrons. The first kappa shape index (κ1) is 26.1. The molecule has 4 saturated carbocycles. The van der Waals surface area contributed by atoms with E-state index in [1.165, 1.54) is 76.3 Å². The lowest BCUT2D eigenvalue weighted by molar-refractivity contribution is -0.144. The molecule has 1 aliphatic heterocycles. The number of imide groups is 2. The number of nitrogens with one attached hydrogen (secondary N) is 1. The third-order valence-electron chi connectivity index (χ3n) is 9.03. The van der Waals surface area contributed by atoms with Gasteiger partial charge in [-0.3, -0.25) is 14.9 Å². The Hall–Kier alpha value is -4.14. The second kappa shape index (κ2) is 9.80. The number of hydrogen-bond donors (Lipinski definition) is 2. The minimum Gasteiger partial charge on any atom is -0.493 e. The van der Waals surface area contributed by atoms with Gasteiger partial charge < -0.3 is 14.6 Å². The number of urea groups is 1. The summed E-state index contributed by atoms with van der Waals surface area (Å²) in [5, 5.41) is 11.4. The maximum absolute atomic E-state index is 13.5. The fourth-order valence-electron chi connectivity index (χ4n) is 7.60. The molecular formula is C31H32N2O7. The van der Waals surface area contributed by atoms with Gasteiger partial charge in [-0.2, -0.15) is 0 Å². The van der Waals surface area contributed by atoms with E-state index in [1.807, 2.05) is 12.1 Å². The van der Waals surface area contributed by atoms with Crippen molar-refractivity contribution in [3.8, 4) is 11.5 Å². The highest BCUT2D eigenvalue weighted by molar-refractivity contribution is 6.39. The Bertz CT molecular complexity index is 1390. The Morgan fingerprint density at radius 2 is 1.62 bits per heavy atom. The van der Waals surface area contributed by atoms with Crippen LogP contribution in [-0.2, 0) is 19.8 Å². The van der Waals surface area contributed by atoms with E-state index in [1.54, 1.807) is 18.2 Å². The van der Waals surface area contributed by atoms with E-state index in [0.717, 1.165) is 22.7 Å². The van der Waals surface area contributed by atoms with E-state index in [2.05, 4.69) is 5.32 Å². The van der Waals surface area contributed by atoms with Gasteiger partial charge in [0.05, 0.1) is 12.8 Å². The predicted molar refractivity (Wildman–Crippen MR) is 146 cm³/mol. The number of rotatable bonds is 7. The molecule has 5 aliphatic rings. The minimum absolute atomic E-state index is 0.194. The molecule has 1 saturated heterocycles. The van der Waals surface area contributed by atoms with Crippen molar-refractivity contribution >= 4 is 35.6 Å². The van der Waals surface area contributed by atoms with Gasteiger partial charge in [-0.05, 0) is 110 Å². The number of carboxylic acid groups (broad SMARTS) is 1. The number of aliphatic carboxylic acids is 1. The van der Waals surface area contributed by atoms with Gasteiger partial charge in [0, 0.05) is 0 Å². The van der Waals surface area contributed by atoms with Crippen LogP contribution >= 0.6 is 0 Å². The number of carboxylic acids is 1. The summed E-state index contributed by atoms with van der Waals surface area (Å²) in [7, 11) is 1.40. The summed E-state index contributed by atoms with van der Waals surface area (Å²) >= 11 is 0. The summed E-state index contributed by atoms with van der Waals surface area (Å²) in [5.74, 6) is 0.199. The molecule has 4 aliphatic carbocycles. The van der Waals surface area contributed by atoms with Crippen LogP contribution < -0.4 is 19.7 Å². The fourth-order valence-corrected chi connectivity index (χ4v) is 7.60. The molecule has 4 amide bonds. The smallest absolute Gasteiger partial charge is 0.344 e. The van der Waals surface area contributed by atoms with Crippen LogP contribution in [0.1, 0.15) is 56.6 Å². The molecule has 40 heavy (non-hydrogen) atoms. The largest absolute Gasteiger partial charge is 0.493 e. The molecule has 9 nitrogen and oxygen atoms in total. The van der Waals surface area contributed by atoms with E-state index in [9.17, 15) is 19.2 Å². The maximum atomic E-state index is 13.5. The summed E-state index contributed by atoms with van der Waals surface area (Å²) in [4.78, 5) is 51.1. The van der Waals surface area contributed by atoms with Crippen LogP contribution in [-0.4, -0.2) is 42.1 Å². The van der Waals surface area contributed by atoms with Crippen LogP contribution in [0.15, 0.2) is 48.0 Å². The molecule has 5 fully saturated rings. The molecule has 7 rings (SSSR count). The van der Waals surface area contributed by atoms with Crippen molar-refractivity contribution in [2.24, 2.45) is 17.8 Å². The second-order valence-corrected chi connectivity index (χ2v) is 11.7. The lowest BCUT2D eigenvalue weighted by Crippen LogP contribution is -2.54. The van der Waals surface area contributed by atoms with Gasteiger partial charge in [0.25, 0.3) is 11.8 Å². The average molecular weight is 545 g/mol. The lowest BCUT2D eigenvalue weighted by Gasteiger charge is -2.57. The Labute approximate surface area is 232 Å². The molecule has 1 heterocycles. The van der Waals surface area contributed by atoms with Crippen LogP contribution in [0.25, 0.3) is 6.08 Å². The van der Waals surface area contributed by atoms with Crippen LogP contribution in [0.4, 0.5) is 10.5 Å². The van der Waals surface area contributed by atoms with Crippen LogP contribution in [0.2, 0.25) is 0 Å². The van der Waals surface area contributed by atoms with Crippen molar-refractivity contribution in [3.63, 3.8) is 0 Å². The average Bonchev–Trinajstić information content (AvgIpc) is 2.91. The third-order valence-corrected chi connectivity index (χ3v) is 9.03. The Kier molecular flexibility index (Phi) is 6.40. The lowest BCUT2D eigenvalue weighted by atomic mass is 9.48. The number of benzene rings is 2. The Morgan fingerprint density at radius 1 is 1.00 bits per heavy atom. The molecule has 0 aromatic heterocycles. The molecular weight excluding hydrogens is 512 g/mol. The number of barbiturate groups is 1. The Morgan fingerprint density at radius 3 is 2.20 bits per heavy atom. The molecule has 0 spiro atoms. The number of hydrogen-bond acceptors (Lipinski definition) is 6. The van der Waals surface area contributed by atoms with Crippen molar-refractivity contribution in [1.82, 2.24) is 5.32 Å². The second-order valence-electron chi connectivity index (χ2n) is 11.7. The van der Waals surface area contributed by atoms with Crippen LogP contribution in [0.5, 0.6) is 11.5 Å². The van der Waals surface area contributed by atoms with Crippen molar-refractivity contribution < 1.29 is 33.8 Å². The molecule has 0 unspecified atom stereocenters. The van der Waals surface area contributed by atoms with Gasteiger partial charge >= 0.3 is 12.0 Å². The fraction of sp³-hybridized carbons (Fsp3) is 0.419. The van der Waals surface area contributed by atoms with Gasteiger partial charge in [-0.15, -0.1) is 0 Å². The zero-order valence-corrected chi connectivity index (χ0v) is 22.5. The van der Waals surface area contributed by atoms with E-state index < -0.39 is 29.9 Å². The van der Waals surface area contributed by atoms with Crippen LogP contribution in [0.3, 0.4) is 0 Å². The van der Waals surface area contributed by atoms with Crippen molar-refractivity contribution in [2.45, 2.75) is 57.0 Å². The minimum atomic E-state index is -1.13.